The molecule has 0 saturated carbocycles. The second-order valence-corrected chi connectivity index (χ2v) is 5.33. The van der Waals surface area contributed by atoms with E-state index >= 15 is 0 Å². The summed E-state index contributed by atoms with van der Waals surface area (Å²) in [6.45, 7) is 6.19. The van der Waals surface area contributed by atoms with Gasteiger partial charge >= 0.3 is 0 Å². The number of rotatable bonds is 1. The number of benzene rings is 1. The minimum Gasteiger partial charge on any atom is -0.311 e. The molecule has 1 atom stereocenters. The Morgan fingerprint density at radius 1 is 1.22 bits per heavy atom. The van der Waals surface area contributed by atoms with E-state index in [0.717, 1.165) is 44.8 Å². The predicted octanol–water partition coefficient (Wildman–Crippen LogP) is 1.22. The summed E-state index contributed by atoms with van der Waals surface area (Å²) in [7, 11) is 2.17. The van der Waals surface area contributed by atoms with E-state index in [1.165, 1.54) is 5.56 Å². The van der Waals surface area contributed by atoms with Crippen LogP contribution < -0.4 is 5.32 Å². The highest BCUT2D eigenvalue weighted by atomic mass is 19.1. The molecule has 1 fully saturated rings. The molecule has 0 unspecified atom stereocenters. The number of piperazine rings is 1. The van der Waals surface area contributed by atoms with Gasteiger partial charge in [-0.1, -0.05) is 6.07 Å². The lowest BCUT2D eigenvalue weighted by molar-refractivity contribution is 0.106. The fourth-order valence-corrected chi connectivity index (χ4v) is 2.97. The summed E-state index contributed by atoms with van der Waals surface area (Å²) in [6, 6.07) is 5.63. The highest BCUT2D eigenvalue weighted by molar-refractivity contribution is 5.33. The molecule has 2 aliphatic heterocycles. The minimum absolute atomic E-state index is 0.130. The smallest absolute Gasteiger partial charge is 0.123 e. The predicted molar refractivity (Wildman–Crippen MR) is 69.9 cm³/mol. The monoisotopic (exact) mass is 249 g/mol. The van der Waals surface area contributed by atoms with E-state index in [-0.39, 0.29) is 5.82 Å². The molecule has 0 aliphatic carbocycles. The lowest BCUT2D eigenvalue weighted by atomic mass is 9.95. The van der Waals surface area contributed by atoms with Gasteiger partial charge in [-0.15, -0.1) is 0 Å². The van der Waals surface area contributed by atoms with Crippen LogP contribution in [-0.2, 0) is 6.54 Å². The molecule has 2 heterocycles. The zero-order valence-corrected chi connectivity index (χ0v) is 10.8. The van der Waals surface area contributed by atoms with E-state index in [1.807, 2.05) is 6.07 Å². The number of hydrogen-bond acceptors (Lipinski definition) is 3. The van der Waals surface area contributed by atoms with Crippen LogP contribution in [0.25, 0.3) is 0 Å². The van der Waals surface area contributed by atoms with Crippen molar-refractivity contribution in [1.29, 1.82) is 0 Å². The van der Waals surface area contributed by atoms with Crippen molar-refractivity contribution in [2.45, 2.75) is 12.6 Å². The molecule has 0 aromatic heterocycles. The molecule has 3 nitrogen and oxygen atoms in total. The Balaban J connectivity index is 1.82. The summed E-state index contributed by atoms with van der Waals surface area (Å²) in [5.74, 6) is -0.130. The fourth-order valence-electron chi connectivity index (χ4n) is 2.97. The summed E-state index contributed by atoms with van der Waals surface area (Å²) in [5.41, 5.74) is 2.42. The fraction of sp³-hybridized carbons (Fsp3) is 0.571. The van der Waals surface area contributed by atoms with Gasteiger partial charge in [-0.2, -0.15) is 0 Å². The lowest BCUT2D eigenvalue weighted by Gasteiger charge is -2.40. The molecular weight excluding hydrogens is 229 g/mol. The molecule has 0 amide bonds. The van der Waals surface area contributed by atoms with E-state index in [0.29, 0.717) is 6.04 Å². The number of fused-ring (bicyclic) bond motifs is 1. The number of nitrogens with zero attached hydrogens (tertiary/aromatic N) is 2. The third-order valence-corrected chi connectivity index (χ3v) is 4.10. The van der Waals surface area contributed by atoms with Crippen LogP contribution in [0.1, 0.15) is 17.2 Å². The number of hydrogen-bond donors (Lipinski definition) is 1. The molecule has 18 heavy (non-hydrogen) atoms. The Bertz CT molecular complexity index is 427. The van der Waals surface area contributed by atoms with Crippen molar-refractivity contribution in [1.82, 2.24) is 15.1 Å². The first-order chi connectivity index (χ1) is 8.74. The van der Waals surface area contributed by atoms with Crippen LogP contribution in [-0.4, -0.2) is 49.6 Å². The van der Waals surface area contributed by atoms with E-state index in [4.69, 9.17) is 0 Å². The van der Waals surface area contributed by atoms with Crippen molar-refractivity contribution in [3.63, 3.8) is 0 Å². The summed E-state index contributed by atoms with van der Waals surface area (Å²) >= 11 is 0. The molecule has 3 rings (SSSR count). The molecule has 1 N–H and O–H groups in total. The summed E-state index contributed by atoms with van der Waals surface area (Å²) in [6.07, 6.45) is 0. The Kier molecular flexibility index (Phi) is 3.33. The van der Waals surface area contributed by atoms with Crippen LogP contribution in [0.5, 0.6) is 0 Å². The normalized spacial score (nSPS) is 26.0. The zero-order valence-electron chi connectivity index (χ0n) is 10.8. The SMILES string of the molecule is CN1CCN([C@H]2CNCc3cc(F)ccc32)CC1. The van der Waals surface area contributed by atoms with Crippen molar-refractivity contribution >= 4 is 0 Å². The van der Waals surface area contributed by atoms with Gasteiger partial charge in [0.1, 0.15) is 5.82 Å². The van der Waals surface area contributed by atoms with Crippen LogP contribution in [0.4, 0.5) is 4.39 Å². The van der Waals surface area contributed by atoms with Gasteiger partial charge in [-0.3, -0.25) is 4.90 Å². The van der Waals surface area contributed by atoms with Crippen molar-refractivity contribution in [2.24, 2.45) is 0 Å². The van der Waals surface area contributed by atoms with Crippen molar-refractivity contribution in [2.75, 3.05) is 39.8 Å². The topological polar surface area (TPSA) is 18.5 Å². The summed E-state index contributed by atoms with van der Waals surface area (Å²) in [5, 5.41) is 3.40. The quantitative estimate of drug-likeness (QED) is 0.807. The maximum absolute atomic E-state index is 13.3. The third kappa shape index (κ3) is 2.28. The van der Waals surface area contributed by atoms with Gasteiger partial charge in [-0.05, 0) is 30.3 Å². The molecule has 98 valence electrons. The Morgan fingerprint density at radius 2 is 2.00 bits per heavy atom. The number of halogens is 1. The molecule has 0 radical (unpaired) electrons. The van der Waals surface area contributed by atoms with E-state index in [2.05, 4.69) is 22.2 Å². The molecule has 1 saturated heterocycles. The van der Waals surface area contributed by atoms with Gasteiger partial charge in [-0.25, -0.2) is 4.39 Å². The third-order valence-electron chi connectivity index (χ3n) is 4.10. The zero-order chi connectivity index (χ0) is 12.5. The molecule has 0 spiro atoms. The largest absolute Gasteiger partial charge is 0.311 e. The van der Waals surface area contributed by atoms with Crippen LogP contribution in [0.15, 0.2) is 18.2 Å². The second kappa shape index (κ2) is 4.96. The average molecular weight is 249 g/mol. The summed E-state index contributed by atoms with van der Waals surface area (Å²) in [4.78, 5) is 4.88. The Labute approximate surface area is 108 Å². The molecule has 4 heteroatoms. The van der Waals surface area contributed by atoms with Crippen LogP contribution >= 0.6 is 0 Å². The molecule has 0 bridgehead atoms. The minimum atomic E-state index is -0.130. The second-order valence-electron chi connectivity index (χ2n) is 5.33. The van der Waals surface area contributed by atoms with Crippen LogP contribution in [0.2, 0.25) is 0 Å². The molecular formula is C14H20FN3. The first-order valence-electron chi connectivity index (χ1n) is 6.65. The maximum Gasteiger partial charge on any atom is 0.123 e. The maximum atomic E-state index is 13.3. The molecule has 1 aromatic carbocycles. The van der Waals surface area contributed by atoms with Crippen LogP contribution in [0, 0.1) is 5.82 Å². The van der Waals surface area contributed by atoms with Gasteiger partial charge in [0.15, 0.2) is 0 Å². The van der Waals surface area contributed by atoms with Gasteiger partial charge < -0.3 is 10.2 Å². The van der Waals surface area contributed by atoms with Crippen molar-refractivity contribution < 1.29 is 4.39 Å². The highest BCUT2D eigenvalue weighted by Crippen LogP contribution is 2.28. The molecule has 1 aromatic rings. The van der Waals surface area contributed by atoms with Crippen molar-refractivity contribution in [3.8, 4) is 0 Å². The Morgan fingerprint density at radius 3 is 2.78 bits per heavy atom. The van der Waals surface area contributed by atoms with Crippen molar-refractivity contribution in [3.05, 3.63) is 35.1 Å². The van der Waals surface area contributed by atoms with Gasteiger partial charge in [0.05, 0.1) is 0 Å². The van der Waals surface area contributed by atoms with E-state index in [1.54, 1.807) is 12.1 Å². The van der Waals surface area contributed by atoms with E-state index < -0.39 is 0 Å². The summed E-state index contributed by atoms with van der Waals surface area (Å²) < 4.78 is 13.3. The van der Waals surface area contributed by atoms with Gasteiger partial charge in [0, 0.05) is 45.3 Å². The lowest BCUT2D eigenvalue weighted by Crippen LogP contribution is -2.49. The first kappa shape index (κ1) is 12.1. The van der Waals surface area contributed by atoms with E-state index in [9.17, 15) is 4.39 Å². The number of nitrogens with one attached hydrogen (secondary N) is 1. The Hall–Kier alpha value is -0.970. The first-order valence-corrected chi connectivity index (χ1v) is 6.65. The number of likely N-dealkylation sites (N-methyl/N-ethyl adjacent to an activating group) is 1. The standard InChI is InChI=1S/C14H20FN3/c1-17-4-6-18(7-5-17)14-10-16-9-11-8-12(15)2-3-13(11)14/h2-3,8,14,16H,4-7,9-10H2,1H3/t14-/m0/s1. The van der Waals surface area contributed by atoms with Gasteiger partial charge in [0.25, 0.3) is 0 Å². The van der Waals surface area contributed by atoms with Gasteiger partial charge in [0.2, 0.25) is 0 Å². The average Bonchev–Trinajstić information content (AvgIpc) is 2.38. The van der Waals surface area contributed by atoms with Crippen LogP contribution in [0.3, 0.4) is 0 Å². The highest BCUT2D eigenvalue weighted by Gasteiger charge is 2.27. The molecule has 2 aliphatic rings.